The van der Waals surface area contributed by atoms with Crippen LogP contribution in [0.4, 0.5) is 10.1 Å². The van der Waals surface area contributed by atoms with Gasteiger partial charge in [-0.05, 0) is 12.1 Å². The molecule has 4 nitrogen and oxygen atoms in total. The summed E-state index contributed by atoms with van der Waals surface area (Å²) in [6.07, 6.45) is 0.566. The molecule has 2 aromatic carbocycles. The lowest BCUT2D eigenvalue weighted by molar-refractivity contribution is -0.115. The minimum atomic E-state index is -0.526. The number of hydrogen-bond acceptors (Lipinski definition) is 3. The van der Waals surface area contributed by atoms with Crippen LogP contribution >= 0.6 is 23.2 Å². The van der Waals surface area contributed by atoms with Crippen molar-refractivity contribution < 1.29 is 18.7 Å². The van der Waals surface area contributed by atoms with Gasteiger partial charge in [0.25, 0.3) is 0 Å². The van der Waals surface area contributed by atoms with Crippen molar-refractivity contribution in [2.24, 2.45) is 0 Å². The Morgan fingerprint density at radius 1 is 1.12 bits per heavy atom. The molecule has 1 N–H and O–H groups in total. The van der Waals surface area contributed by atoms with Crippen LogP contribution in [0.1, 0.15) is 12.0 Å². The molecule has 0 aromatic heterocycles. The van der Waals surface area contributed by atoms with Crippen molar-refractivity contribution >= 4 is 34.8 Å². The normalized spacial score (nSPS) is 13.3. The highest BCUT2D eigenvalue weighted by Gasteiger charge is 2.17. The van der Waals surface area contributed by atoms with Gasteiger partial charge in [0, 0.05) is 29.1 Å². The van der Waals surface area contributed by atoms with Crippen molar-refractivity contribution in [2.75, 3.05) is 18.5 Å². The average Bonchev–Trinajstić information content (AvgIpc) is 2.76. The van der Waals surface area contributed by atoms with Gasteiger partial charge < -0.3 is 14.8 Å². The molecule has 1 aliphatic rings. The first-order valence-corrected chi connectivity index (χ1v) is 8.12. The SMILES string of the molecule is O=C(Cc1c(F)cccc1Cl)Nc1cc2c(cc1Cl)OCCCO2. The molecular formula is C17H14Cl2FNO3. The van der Waals surface area contributed by atoms with Gasteiger partial charge in [-0.25, -0.2) is 4.39 Å². The lowest BCUT2D eigenvalue weighted by Crippen LogP contribution is -2.16. The van der Waals surface area contributed by atoms with E-state index >= 15 is 0 Å². The highest BCUT2D eigenvalue weighted by molar-refractivity contribution is 6.34. The highest BCUT2D eigenvalue weighted by Crippen LogP contribution is 2.37. The van der Waals surface area contributed by atoms with E-state index in [1.54, 1.807) is 12.1 Å². The standard InChI is InChI=1S/C17H14Cl2FNO3/c18-11-3-1-4-13(20)10(11)7-17(22)21-14-9-16-15(8-12(14)19)23-5-2-6-24-16/h1,3-4,8-9H,2,5-7H2,(H,21,22). The Labute approximate surface area is 148 Å². The summed E-state index contributed by atoms with van der Waals surface area (Å²) in [6.45, 7) is 1.06. The number of fused-ring (bicyclic) bond motifs is 1. The second kappa shape index (κ2) is 7.28. The van der Waals surface area contributed by atoms with Gasteiger partial charge in [0.05, 0.1) is 30.3 Å². The van der Waals surface area contributed by atoms with Crippen LogP contribution in [0.5, 0.6) is 11.5 Å². The van der Waals surface area contributed by atoms with E-state index in [9.17, 15) is 9.18 Å². The molecule has 1 heterocycles. The summed E-state index contributed by atoms with van der Waals surface area (Å²) >= 11 is 12.1. The zero-order valence-corrected chi connectivity index (χ0v) is 14.1. The molecule has 1 aliphatic heterocycles. The van der Waals surface area contributed by atoms with E-state index in [1.807, 2.05) is 0 Å². The molecule has 7 heteroatoms. The topological polar surface area (TPSA) is 47.6 Å². The van der Waals surface area contributed by atoms with Crippen molar-refractivity contribution in [3.63, 3.8) is 0 Å². The molecule has 0 unspecified atom stereocenters. The van der Waals surface area contributed by atoms with E-state index in [1.165, 1.54) is 18.2 Å². The van der Waals surface area contributed by atoms with E-state index in [2.05, 4.69) is 5.32 Å². The Bertz CT molecular complexity index is 762. The van der Waals surface area contributed by atoms with Crippen LogP contribution in [0.2, 0.25) is 10.0 Å². The van der Waals surface area contributed by atoms with Crippen LogP contribution in [0.3, 0.4) is 0 Å². The minimum Gasteiger partial charge on any atom is -0.490 e. The number of hydrogen-bond donors (Lipinski definition) is 1. The second-order valence-electron chi connectivity index (χ2n) is 5.25. The van der Waals surface area contributed by atoms with Crippen LogP contribution in [0, 0.1) is 5.82 Å². The fourth-order valence-corrected chi connectivity index (χ4v) is 2.77. The van der Waals surface area contributed by atoms with Crippen molar-refractivity contribution in [3.05, 3.63) is 51.8 Å². The van der Waals surface area contributed by atoms with Gasteiger partial charge in [-0.3, -0.25) is 4.79 Å². The number of ether oxygens (including phenoxy) is 2. The molecule has 24 heavy (non-hydrogen) atoms. The third-order valence-corrected chi connectivity index (χ3v) is 4.18. The maximum Gasteiger partial charge on any atom is 0.229 e. The number of rotatable bonds is 3. The van der Waals surface area contributed by atoms with Crippen LogP contribution in [-0.2, 0) is 11.2 Å². The third kappa shape index (κ3) is 3.74. The molecule has 0 bridgehead atoms. The zero-order chi connectivity index (χ0) is 17.1. The molecule has 2 aromatic rings. The Morgan fingerprint density at radius 3 is 2.54 bits per heavy atom. The van der Waals surface area contributed by atoms with E-state index in [4.69, 9.17) is 32.7 Å². The molecule has 0 fully saturated rings. The molecule has 3 rings (SSSR count). The average molecular weight is 370 g/mol. The lowest BCUT2D eigenvalue weighted by atomic mass is 10.1. The number of nitrogens with one attached hydrogen (secondary N) is 1. The fraction of sp³-hybridized carbons (Fsp3) is 0.235. The number of carbonyl (C=O) groups excluding carboxylic acids is 1. The summed E-state index contributed by atoms with van der Waals surface area (Å²) in [6, 6.07) is 7.47. The molecular weight excluding hydrogens is 356 g/mol. The molecule has 0 aliphatic carbocycles. The molecule has 0 spiro atoms. The predicted octanol–water partition coefficient (Wildman–Crippen LogP) is 4.48. The van der Waals surface area contributed by atoms with E-state index < -0.39 is 11.7 Å². The Kier molecular flexibility index (Phi) is 5.11. The molecule has 1 amide bonds. The number of halogens is 3. The van der Waals surface area contributed by atoms with Gasteiger partial charge in [0.1, 0.15) is 5.82 Å². The second-order valence-corrected chi connectivity index (χ2v) is 6.07. The maximum atomic E-state index is 13.8. The minimum absolute atomic E-state index is 0.141. The highest BCUT2D eigenvalue weighted by atomic mass is 35.5. The number of amides is 1. The quantitative estimate of drug-likeness (QED) is 0.867. The Balaban J connectivity index is 1.78. The van der Waals surface area contributed by atoms with Crippen LogP contribution in [0.15, 0.2) is 30.3 Å². The maximum absolute atomic E-state index is 13.8. The molecule has 0 radical (unpaired) electrons. The first-order valence-electron chi connectivity index (χ1n) is 7.36. The van der Waals surface area contributed by atoms with E-state index in [0.29, 0.717) is 35.4 Å². The largest absolute Gasteiger partial charge is 0.490 e. The van der Waals surface area contributed by atoms with E-state index in [0.717, 1.165) is 6.42 Å². The third-order valence-electron chi connectivity index (χ3n) is 3.51. The number of carbonyl (C=O) groups is 1. The molecule has 0 atom stereocenters. The Hall–Kier alpha value is -1.98. The first-order chi connectivity index (χ1) is 11.5. The van der Waals surface area contributed by atoms with Gasteiger partial charge >= 0.3 is 0 Å². The summed E-state index contributed by atoms with van der Waals surface area (Å²) in [5.74, 6) is 0.0876. The van der Waals surface area contributed by atoms with Gasteiger partial charge in [0.2, 0.25) is 5.91 Å². The van der Waals surface area contributed by atoms with Crippen molar-refractivity contribution in [2.45, 2.75) is 12.8 Å². The van der Waals surface area contributed by atoms with Gasteiger partial charge in [0.15, 0.2) is 11.5 Å². The molecule has 0 saturated heterocycles. The Morgan fingerprint density at radius 2 is 1.83 bits per heavy atom. The summed E-state index contributed by atoms with van der Waals surface area (Å²) < 4.78 is 24.9. The molecule has 126 valence electrons. The summed E-state index contributed by atoms with van der Waals surface area (Å²) in [5.41, 5.74) is 0.514. The van der Waals surface area contributed by atoms with Gasteiger partial charge in [-0.2, -0.15) is 0 Å². The first kappa shape index (κ1) is 16.9. The zero-order valence-electron chi connectivity index (χ0n) is 12.6. The summed E-state index contributed by atoms with van der Waals surface area (Å²) in [4.78, 5) is 12.2. The van der Waals surface area contributed by atoms with Crippen LogP contribution in [-0.4, -0.2) is 19.1 Å². The van der Waals surface area contributed by atoms with Gasteiger partial charge in [-0.15, -0.1) is 0 Å². The number of anilines is 1. The summed E-state index contributed by atoms with van der Waals surface area (Å²) in [5, 5.41) is 3.17. The monoisotopic (exact) mass is 369 g/mol. The van der Waals surface area contributed by atoms with Gasteiger partial charge in [-0.1, -0.05) is 29.3 Å². The summed E-state index contributed by atoms with van der Waals surface area (Å²) in [7, 11) is 0. The van der Waals surface area contributed by atoms with Crippen LogP contribution in [0.25, 0.3) is 0 Å². The smallest absolute Gasteiger partial charge is 0.229 e. The van der Waals surface area contributed by atoms with Crippen LogP contribution < -0.4 is 14.8 Å². The van der Waals surface area contributed by atoms with Crippen molar-refractivity contribution in [1.29, 1.82) is 0 Å². The number of benzene rings is 2. The van der Waals surface area contributed by atoms with Crippen molar-refractivity contribution in [3.8, 4) is 11.5 Å². The lowest BCUT2D eigenvalue weighted by Gasteiger charge is -2.13. The predicted molar refractivity (Wildman–Crippen MR) is 90.8 cm³/mol. The van der Waals surface area contributed by atoms with Crippen molar-refractivity contribution in [1.82, 2.24) is 0 Å². The fourth-order valence-electron chi connectivity index (χ4n) is 2.34. The molecule has 0 saturated carbocycles. The van der Waals surface area contributed by atoms with E-state index in [-0.39, 0.29) is 17.0 Å².